The number of carboxylic acids is 1. The van der Waals surface area contributed by atoms with E-state index < -0.39 is 5.97 Å². The Kier molecular flexibility index (Phi) is 3.96. The van der Waals surface area contributed by atoms with E-state index in [9.17, 15) is 4.79 Å². The van der Waals surface area contributed by atoms with E-state index in [0.717, 1.165) is 23.0 Å². The highest BCUT2D eigenvalue weighted by Gasteiger charge is 2.15. The minimum Gasteiger partial charge on any atom is -0.481 e. The summed E-state index contributed by atoms with van der Waals surface area (Å²) in [5.74, 6) is -1.14. The predicted octanol–water partition coefficient (Wildman–Crippen LogP) is 3.95. The number of para-hydroxylation sites is 1. The molecule has 0 aliphatic heterocycles. The summed E-state index contributed by atoms with van der Waals surface area (Å²) in [6.07, 6.45) is 2.62. The van der Waals surface area contributed by atoms with E-state index in [1.54, 1.807) is 6.92 Å². The lowest BCUT2D eigenvalue weighted by molar-refractivity contribution is -0.141. The molecule has 3 heteroatoms. The quantitative estimate of drug-likeness (QED) is 0.774. The molecule has 0 bridgehead atoms. The zero-order chi connectivity index (χ0) is 15.5. The van der Waals surface area contributed by atoms with E-state index in [0.29, 0.717) is 6.42 Å². The van der Waals surface area contributed by atoms with E-state index in [1.165, 1.54) is 5.56 Å². The Bertz CT molecular complexity index is 790. The summed E-state index contributed by atoms with van der Waals surface area (Å²) in [6, 6.07) is 18.5. The standard InChI is InChI=1S/C19H19NO2/c1-14(19(21)22)12-17-9-5-8-16-10-11-20(18(16)17)13-15-6-3-2-4-7-15/h2-11,14H,12-13H2,1H3,(H,21,22). The number of carbonyl (C=O) groups is 1. The van der Waals surface area contributed by atoms with Crippen LogP contribution >= 0.6 is 0 Å². The lowest BCUT2D eigenvalue weighted by Crippen LogP contribution is -2.13. The Labute approximate surface area is 129 Å². The van der Waals surface area contributed by atoms with Gasteiger partial charge in [0.1, 0.15) is 0 Å². The lowest BCUT2D eigenvalue weighted by atomic mass is 9.99. The Morgan fingerprint density at radius 1 is 1.09 bits per heavy atom. The van der Waals surface area contributed by atoms with Crippen LogP contribution in [-0.4, -0.2) is 15.6 Å². The monoisotopic (exact) mass is 293 g/mol. The third kappa shape index (κ3) is 2.89. The molecule has 0 aliphatic carbocycles. The molecule has 0 amide bonds. The summed E-state index contributed by atoms with van der Waals surface area (Å²) in [5, 5.41) is 10.3. The van der Waals surface area contributed by atoms with Crippen molar-refractivity contribution in [1.82, 2.24) is 4.57 Å². The van der Waals surface area contributed by atoms with Crippen LogP contribution in [0.2, 0.25) is 0 Å². The molecule has 0 saturated heterocycles. The van der Waals surface area contributed by atoms with E-state index in [-0.39, 0.29) is 5.92 Å². The predicted molar refractivity (Wildman–Crippen MR) is 88.0 cm³/mol. The molecule has 1 atom stereocenters. The van der Waals surface area contributed by atoms with Crippen molar-refractivity contribution in [3.8, 4) is 0 Å². The van der Waals surface area contributed by atoms with Crippen LogP contribution in [0, 0.1) is 5.92 Å². The number of hydrogen-bond acceptors (Lipinski definition) is 1. The fraction of sp³-hybridized carbons (Fsp3) is 0.211. The molecule has 0 aliphatic rings. The normalized spacial score (nSPS) is 12.4. The molecule has 2 aromatic carbocycles. The summed E-state index contributed by atoms with van der Waals surface area (Å²) in [4.78, 5) is 11.1. The number of benzene rings is 2. The molecule has 1 N–H and O–H groups in total. The SMILES string of the molecule is CC(Cc1cccc2ccn(Cc3ccccc3)c12)C(=O)O. The summed E-state index contributed by atoms with van der Waals surface area (Å²) < 4.78 is 2.20. The van der Waals surface area contributed by atoms with Crippen LogP contribution in [-0.2, 0) is 17.8 Å². The number of hydrogen-bond donors (Lipinski definition) is 1. The Hall–Kier alpha value is -2.55. The van der Waals surface area contributed by atoms with Gasteiger partial charge in [-0.15, -0.1) is 0 Å². The molecule has 22 heavy (non-hydrogen) atoms. The molecule has 0 saturated carbocycles. The molecule has 112 valence electrons. The second-order valence-corrected chi connectivity index (χ2v) is 5.73. The van der Waals surface area contributed by atoms with Crippen LogP contribution < -0.4 is 0 Å². The van der Waals surface area contributed by atoms with Crippen molar-refractivity contribution in [2.75, 3.05) is 0 Å². The number of aromatic nitrogens is 1. The molecular weight excluding hydrogens is 274 g/mol. The highest BCUT2D eigenvalue weighted by molar-refractivity contribution is 5.84. The van der Waals surface area contributed by atoms with Gasteiger partial charge < -0.3 is 9.67 Å². The Morgan fingerprint density at radius 2 is 1.86 bits per heavy atom. The van der Waals surface area contributed by atoms with Gasteiger partial charge in [0.15, 0.2) is 0 Å². The molecule has 0 spiro atoms. The van der Waals surface area contributed by atoms with Gasteiger partial charge in [-0.3, -0.25) is 4.79 Å². The van der Waals surface area contributed by atoms with Gasteiger partial charge in [-0.1, -0.05) is 55.5 Å². The molecule has 3 rings (SSSR count). The van der Waals surface area contributed by atoms with Gasteiger partial charge in [0.2, 0.25) is 0 Å². The van der Waals surface area contributed by atoms with Gasteiger partial charge in [0.25, 0.3) is 0 Å². The van der Waals surface area contributed by atoms with Crippen molar-refractivity contribution in [2.24, 2.45) is 5.92 Å². The third-order valence-electron chi connectivity index (χ3n) is 4.02. The summed E-state index contributed by atoms with van der Waals surface area (Å²) in [7, 11) is 0. The van der Waals surface area contributed by atoms with Crippen molar-refractivity contribution in [3.63, 3.8) is 0 Å². The van der Waals surface area contributed by atoms with Crippen molar-refractivity contribution >= 4 is 16.9 Å². The lowest BCUT2D eigenvalue weighted by Gasteiger charge is -2.12. The fourth-order valence-electron chi connectivity index (χ4n) is 2.83. The van der Waals surface area contributed by atoms with E-state index in [4.69, 9.17) is 5.11 Å². The molecule has 1 unspecified atom stereocenters. The number of rotatable bonds is 5. The van der Waals surface area contributed by atoms with Crippen LogP contribution in [0.4, 0.5) is 0 Å². The first-order valence-electron chi connectivity index (χ1n) is 7.48. The van der Waals surface area contributed by atoms with Gasteiger partial charge in [0, 0.05) is 12.7 Å². The molecule has 3 aromatic rings. The summed E-state index contributed by atoms with van der Waals surface area (Å²) in [6.45, 7) is 2.55. The first kappa shape index (κ1) is 14.4. The minimum atomic E-state index is -0.752. The van der Waals surface area contributed by atoms with Crippen LogP contribution in [0.15, 0.2) is 60.8 Å². The maximum Gasteiger partial charge on any atom is 0.306 e. The highest BCUT2D eigenvalue weighted by atomic mass is 16.4. The molecular formula is C19H19NO2. The average molecular weight is 293 g/mol. The van der Waals surface area contributed by atoms with Gasteiger partial charge in [-0.05, 0) is 29.0 Å². The summed E-state index contributed by atoms with van der Waals surface area (Å²) in [5.41, 5.74) is 3.47. The first-order chi connectivity index (χ1) is 10.6. The topological polar surface area (TPSA) is 42.2 Å². The van der Waals surface area contributed by atoms with Crippen LogP contribution in [0.1, 0.15) is 18.1 Å². The Balaban J connectivity index is 1.99. The van der Waals surface area contributed by atoms with Gasteiger partial charge >= 0.3 is 5.97 Å². The second-order valence-electron chi connectivity index (χ2n) is 5.73. The number of fused-ring (bicyclic) bond motifs is 1. The van der Waals surface area contributed by atoms with Crippen molar-refractivity contribution in [3.05, 3.63) is 71.9 Å². The van der Waals surface area contributed by atoms with E-state index in [2.05, 4.69) is 35.0 Å². The van der Waals surface area contributed by atoms with Crippen LogP contribution in [0.3, 0.4) is 0 Å². The van der Waals surface area contributed by atoms with Crippen LogP contribution in [0.25, 0.3) is 10.9 Å². The molecule has 0 radical (unpaired) electrons. The van der Waals surface area contributed by atoms with Gasteiger partial charge in [0.05, 0.1) is 11.4 Å². The second kappa shape index (κ2) is 6.06. The number of carboxylic acid groups (broad SMARTS) is 1. The van der Waals surface area contributed by atoms with Crippen molar-refractivity contribution in [2.45, 2.75) is 19.9 Å². The number of nitrogens with zero attached hydrogens (tertiary/aromatic N) is 1. The third-order valence-corrected chi connectivity index (χ3v) is 4.02. The average Bonchev–Trinajstić information content (AvgIpc) is 2.92. The fourth-order valence-corrected chi connectivity index (χ4v) is 2.83. The van der Waals surface area contributed by atoms with Crippen LogP contribution in [0.5, 0.6) is 0 Å². The largest absolute Gasteiger partial charge is 0.481 e. The smallest absolute Gasteiger partial charge is 0.306 e. The number of aliphatic carboxylic acids is 1. The maximum atomic E-state index is 11.1. The van der Waals surface area contributed by atoms with Crippen molar-refractivity contribution in [1.29, 1.82) is 0 Å². The van der Waals surface area contributed by atoms with Crippen molar-refractivity contribution < 1.29 is 9.90 Å². The van der Waals surface area contributed by atoms with Gasteiger partial charge in [-0.2, -0.15) is 0 Å². The van der Waals surface area contributed by atoms with E-state index in [1.807, 2.05) is 30.3 Å². The van der Waals surface area contributed by atoms with Gasteiger partial charge in [-0.25, -0.2) is 0 Å². The molecule has 1 aromatic heterocycles. The zero-order valence-electron chi connectivity index (χ0n) is 12.6. The molecule has 1 heterocycles. The maximum absolute atomic E-state index is 11.1. The van der Waals surface area contributed by atoms with E-state index >= 15 is 0 Å². The zero-order valence-corrected chi connectivity index (χ0v) is 12.6. The first-order valence-corrected chi connectivity index (χ1v) is 7.48. The summed E-state index contributed by atoms with van der Waals surface area (Å²) >= 11 is 0. The highest BCUT2D eigenvalue weighted by Crippen LogP contribution is 2.24. The Morgan fingerprint density at radius 3 is 2.59 bits per heavy atom. The molecule has 0 fully saturated rings. The minimum absolute atomic E-state index is 0.384. The molecule has 3 nitrogen and oxygen atoms in total.